The molecule has 0 radical (unpaired) electrons. The van der Waals surface area contributed by atoms with Crippen LogP contribution in [-0.4, -0.2) is 27.6 Å². The summed E-state index contributed by atoms with van der Waals surface area (Å²) in [5, 5.41) is 6.96. The molecule has 0 aliphatic carbocycles. The van der Waals surface area contributed by atoms with Crippen molar-refractivity contribution < 1.29 is 14.1 Å². The van der Waals surface area contributed by atoms with Gasteiger partial charge in [0.1, 0.15) is 5.75 Å². The van der Waals surface area contributed by atoms with Crippen LogP contribution in [0.3, 0.4) is 0 Å². The molecule has 0 fully saturated rings. The Morgan fingerprint density at radius 2 is 1.51 bits per heavy atom. The predicted octanol–water partition coefficient (Wildman–Crippen LogP) is 5.41. The number of aromatic nitrogens is 3. The van der Waals surface area contributed by atoms with Crippen LogP contribution < -0.4 is 10.1 Å². The van der Waals surface area contributed by atoms with Crippen LogP contribution in [0.2, 0.25) is 0 Å². The average molecular weight is 463 g/mol. The molecule has 7 heteroatoms. The standard InChI is InChI=1S/C28H22N4O3/c33-26(19-34-24-12-10-21(11-13-24)20-6-2-1-3-7-20)30-25-9-5-4-8-23(25)18-27-31-28(32-35-27)22-14-16-29-17-15-22/h1-17H,18-19H2,(H,30,33). The molecule has 1 amide bonds. The van der Waals surface area contributed by atoms with Gasteiger partial charge in [-0.15, -0.1) is 0 Å². The zero-order valence-corrected chi connectivity index (χ0v) is 18.8. The first kappa shape index (κ1) is 22.0. The van der Waals surface area contributed by atoms with Crippen LogP contribution in [0.25, 0.3) is 22.5 Å². The first-order chi connectivity index (χ1) is 17.2. The Balaban J connectivity index is 1.19. The number of anilines is 1. The van der Waals surface area contributed by atoms with Gasteiger partial charge in [-0.25, -0.2) is 0 Å². The van der Waals surface area contributed by atoms with E-state index in [1.54, 1.807) is 12.4 Å². The lowest BCUT2D eigenvalue weighted by atomic mass is 10.1. The highest BCUT2D eigenvalue weighted by molar-refractivity contribution is 5.92. The number of para-hydroxylation sites is 1. The van der Waals surface area contributed by atoms with E-state index in [9.17, 15) is 4.79 Å². The minimum atomic E-state index is -0.257. The van der Waals surface area contributed by atoms with Gasteiger partial charge >= 0.3 is 0 Å². The molecule has 2 heterocycles. The van der Waals surface area contributed by atoms with Crippen molar-refractivity contribution in [2.75, 3.05) is 11.9 Å². The van der Waals surface area contributed by atoms with Gasteiger partial charge in [-0.05, 0) is 47.0 Å². The normalized spacial score (nSPS) is 10.6. The second-order valence-electron chi connectivity index (χ2n) is 7.81. The van der Waals surface area contributed by atoms with Crippen molar-refractivity contribution in [3.63, 3.8) is 0 Å². The second-order valence-corrected chi connectivity index (χ2v) is 7.81. The van der Waals surface area contributed by atoms with Crippen molar-refractivity contribution >= 4 is 11.6 Å². The smallest absolute Gasteiger partial charge is 0.262 e. The number of nitrogens with zero attached hydrogens (tertiary/aromatic N) is 3. The van der Waals surface area contributed by atoms with Gasteiger partial charge in [0.2, 0.25) is 11.7 Å². The van der Waals surface area contributed by atoms with E-state index in [1.165, 1.54) is 0 Å². The molecule has 0 spiro atoms. The number of carbonyl (C=O) groups excluding carboxylic acids is 1. The Morgan fingerprint density at radius 3 is 2.31 bits per heavy atom. The van der Waals surface area contributed by atoms with Gasteiger partial charge in [0.05, 0.1) is 6.42 Å². The molecular formula is C28H22N4O3. The van der Waals surface area contributed by atoms with Crippen LogP contribution in [0.4, 0.5) is 5.69 Å². The van der Waals surface area contributed by atoms with E-state index in [4.69, 9.17) is 9.26 Å². The van der Waals surface area contributed by atoms with Crippen LogP contribution in [0.5, 0.6) is 5.75 Å². The lowest BCUT2D eigenvalue weighted by Gasteiger charge is -2.11. The van der Waals surface area contributed by atoms with Crippen molar-refractivity contribution in [3.05, 3.63) is 115 Å². The Morgan fingerprint density at radius 1 is 0.800 bits per heavy atom. The zero-order chi connectivity index (χ0) is 23.9. The van der Waals surface area contributed by atoms with Gasteiger partial charge in [-0.3, -0.25) is 9.78 Å². The molecule has 7 nitrogen and oxygen atoms in total. The van der Waals surface area contributed by atoms with E-state index >= 15 is 0 Å². The lowest BCUT2D eigenvalue weighted by molar-refractivity contribution is -0.118. The third kappa shape index (κ3) is 5.59. The fraction of sp³-hybridized carbons (Fsp3) is 0.0714. The van der Waals surface area contributed by atoms with Crippen LogP contribution in [-0.2, 0) is 11.2 Å². The molecule has 5 aromatic rings. The van der Waals surface area contributed by atoms with Gasteiger partial charge in [-0.2, -0.15) is 4.98 Å². The summed E-state index contributed by atoms with van der Waals surface area (Å²) in [6, 6.07) is 28.9. The molecule has 1 N–H and O–H groups in total. The van der Waals surface area contributed by atoms with Crippen molar-refractivity contribution in [3.8, 4) is 28.3 Å². The molecule has 0 saturated heterocycles. The van der Waals surface area contributed by atoms with Gasteiger partial charge in [-0.1, -0.05) is 65.8 Å². The monoisotopic (exact) mass is 462 g/mol. The number of rotatable bonds is 8. The molecule has 3 aromatic carbocycles. The van der Waals surface area contributed by atoms with E-state index in [1.807, 2.05) is 78.9 Å². The Kier molecular flexibility index (Phi) is 6.57. The van der Waals surface area contributed by atoms with Crippen LogP contribution in [0, 0.1) is 0 Å². The number of benzene rings is 3. The summed E-state index contributed by atoms with van der Waals surface area (Å²) in [7, 11) is 0. The summed E-state index contributed by atoms with van der Waals surface area (Å²) in [6.07, 6.45) is 3.74. The summed E-state index contributed by atoms with van der Waals surface area (Å²) in [6.45, 7) is -0.105. The largest absolute Gasteiger partial charge is 0.484 e. The number of amides is 1. The summed E-state index contributed by atoms with van der Waals surface area (Å²) in [5.74, 6) is 1.32. The molecule has 0 aliphatic heterocycles. The Bertz CT molecular complexity index is 1400. The molecule has 0 atom stereocenters. The molecule has 0 bridgehead atoms. The number of carbonyl (C=O) groups is 1. The number of hydrogen-bond acceptors (Lipinski definition) is 6. The van der Waals surface area contributed by atoms with Crippen LogP contribution >= 0.6 is 0 Å². The molecule has 0 saturated carbocycles. The molecule has 0 unspecified atom stereocenters. The summed E-state index contributed by atoms with van der Waals surface area (Å²) in [4.78, 5) is 21.0. The van der Waals surface area contributed by atoms with E-state index in [0.29, 0.717) is 29.6 Å². The van der Waals surface area contributed by atoms with E-state index in [-0.39, 0.29) is 12.5 Å². The fourth-order valence-corrected chi connectivity index (χ4v) is 3.61. The fourth-order valence-electron chi connectivity index (χ4n) is 3.61. The Hall–Kier alpha value is -4.78. The minimum absolute atomic E-state index is 0.105. The quantitative estimate of drug-likeness (QED) is 0.332. The molecule has 172 valence electrons. The minimum Gasteiger partial charge on any atom is -0.484 e. The zero-order valence-electron chi connectivity index (χ0n) is 18.8. The van der Waals surface area contributed by atoms with Crippen molar-refractivity contribution in [1.82, 2.24) is 15.1 Å². The predicted molar refractivity (Wildman–Crippen MR) is 133 cm³/mol. The van der Waals surface area contributed by atoms with Crippen molar-refractivity contribution in [2.24, 2.45) is 0 Å². The number of hydrogen-bond donors (Lipinski definition) is 1. The number of pyridine rings is 1. The maximum Gasteiger partial charge on any atom is 0.262 e. The van der Waals surface area contributed by atoms with E-state index < -0.39 is 0 Å². The highest BCUT2D eigenvalue weighted by Gasteiger charge is 2.13. The summed E-state index contributed by atoms with van der Waals surface area (Å²) >= 11 is 0. The Labute approximate surface area is 202 Å². The molecule has 35 heavy (non-hydrogen) atoms. The van der Waals surface area contributed by atoms with Crippen LogP contribution in [0.15, 0.2) is 108 Å². The number of nitrogens with one attached hydrogen (secondary N) is 1. The first-order valence-electron chi connectivity index (χ1n) is 11.1. The molecule has 0 aliphatic rings. The summed E-state index contributed by atoms with van der Waals surface area (Å²) in [5.41, 5.74) is 4.57. The molecule has 5 rings (SSSR count). The lowest BCUT2D eigenvalue weighted by Crippen LogP contribution is -2.21. The van der Waals surface area contributed by atoms with E-state index in [0.717, 1.165) is 22.3 Å². The molecule has 2 aromatic heterocycles. The third-order valence-corrected chi connectivity index (χ3v) is 5.37. The van der Waals surface area contributed by atoms with Gasteiger partial charge < -0.3 is 14.6 Å². The average Bonchev–Trinajstić information content (AvgIpc) is 3.39. The first-order valence-corrected chi connectivity index (χ1v) is 11.1. The summed E-state index contributed by atoms with van der Waals surface area (Å²) < 4.78 is 11.1. The highest BCUT2D eigenvalue weighted by Crippen LogP contribution is 2.23. The number of ether oxygens (including phenoxy) is 1. The maximum absolute atomic E-state index is 12.6. The SMILES string of the molecule is O=C(COc1ccc(-c2ccccc2)cc1)Nc1ccccc1Cc1nc(-c2ccncc2)no1. The topological polar surface area (TPSA) is 90.1 Å². The van der Waals surface area contributed by atoms with Gasteiger partial charge in [0, 0.05) is 23.6 Å². The maximum atomic E-state index is 12.6. The van der Waals surface area contributed by atoms with Gasteiger partial charge in [0.15, 0.2) is 6.61 Å². The highest BCUT2D eigenvalue weighted by atomic mass is 16.5. The van der Waals surface area contributed by atoms with Crippen molar-refractivity contribution in [1.29, 1.82) is 0 Å². The van der Waals surface area contributed by atoms with Crippen LogP contribution in [0.1, 0.15) is 11.5 Å². The second kappa shape index (κ2) is 10.4. The van der Waals surface area contributed by atoms with Gasteiger partial charge in [0.25, 0.3) is 5.91 Å². The molecular weight excluding hydrogens is 440 g/mol. The van der Waals surface area contributed by atoms with E-state index in [2.05, 4.69) is 32.6 Å². The third-order valence-electron chi connectivity index (χ3n) is 5.37. The van der Waals surface area contributed by atoms with Crippen molar-refractivity contribution in [2.45, 2.75) is 6.42 Å².